The molecule has 0 amide bonds. The van der Waals surface area contributed by atoms with Crippen LogP contribution in [0.1, 0.15) is 0 Å². The fraction of sp³-hybridized carbons (Fsp3) is 0. The van der Waals surface area contributed by atoms with Gasteiger partial charge in [-0.15, -0.1) is 0 Å². The van der Waals surface area contributed by atoms with E-state index in [0.29, 0.717) is 0 Å². The van der Waals surface area contributed by atoms with Crippen LogP contribution in [0.25, 0.3) is 0 Å². The molecule has 0 heterocycles. The zero-order chi connectivity index (χ0) is 4.50. The molecule has 0 saturated heterocycles. The Labute approximate surface area is 101 Å². The standard InChI is InChI=1S/3Li.H3OPS3/c;;;1-2(3,4)5/h;;;(H3,1,3,4,5)/q3*+1;/p-3. The second-order valence-electron chi connectivity index (χ2n) is 0.447. The minimum Gasteiger partial charge on any atom is -0.856 e. The summed E-state index contributed by atoms with van der Waals surface area (Å²) in [5.74, 6) is 0. The molecule has 0 saturated carbocycles. The van der Waals surface area contributed by atoms with Crippen LogP contribution in [0.5, 0.6) is 0 Å². The van der Waals surface area contributed by atoms with Gasteiger partial charge < -0.3 is 34.1 Å². The van der Waals surface area contributed by atoms with Crippen molar-refractivity contribution in [2.24, 2.45) is 0 Å². The van der Waals surface area contributed by atoms with Crippen LogP contribution in [0.2, 0.25) is 0 Å². The molecule has 1 nitrogen and oxygen atoms in total. The average molecular weight is 164 g/mol. The minimum absolute atomic E-state index is 0. The molecule has 0 N–H and O–H groups in total. The molecular weight excluding hydrogens is 164 g/mol. The van der Waals surface area contributed by atoms with E-state index in [0.717, 1.165) is 0 Å². The maximum Gasteiger partial charge on any atom is 1.00 e. The molecule has 0 aliphatic carbocycles. The van der Waals surface area contributed by atoms with Gasteiger partial charge >= 0.3 is 56.6 Å². The van der Waals surface area contributed by atoms with Crippen LogP contribution in [-0.2, 0) is 36.3 Å². The van der Waals surface area contributed by atoms with Gasteiger partial charge in [-0.3, -0.25) is 0 Å². The molecule has 0 aliphatic rings. The Kier molecular flexibility index (Phi) is 28.4. The molecule has 8 heteroatoms. The molecule has 0 rings (SSSR count). The van der Waals surface area contributed by atoms with Gasteiger partial charge in [0.1, 0.15) is 0 Å². The summed E-state index contributed by atoms with van der Waals surface area (Å²) in [6, 6.07) is 0. The van der Waals surface area contributed by atoms with Crippen molar-refractivity contribution >= 4 is 41.0 Å². The Morgan fingerprint density at radius 1 is 1.12 bits per heavy atom. The van der Waals surface area contributed by atoms with Crippen molar-refractivity contribution in [3.8, 4) is 0 Å². The normalized spacial score (nSPS) is 7.38. The van der Waals surface area contributed by atoms with Crippen molar-refractivity contribution in [2.45, 2.75) is 0 Å². The van der Waals surface area contributed by atoms with Crippen LogP contribution in [0.15, 0.2) is 0 Å². The Bertz CT molecular complexity index is 60.7. The quantitative estimate of drug-likeness (QED) is 0.201. The third-order valence-corrected chi connectivity index (χ3v) is 0. The first-order chi connectivity index (χ1) is 2.00. The van der Waals surface area contributed by atoms with Gasteiger partial charge in [-0.25, -0.2) is 0 Å². The minimum atomic E-state index is -2.89. The molecule has 8 heavy (non-hydrogen) atoms. The van der Waals surface area contributed by atoms with Crippen LogP contribution in [0.4, 0.5) is 0 Å². The predicted octanol–water partition coefficient (Wildman–Crippen LogP) is -9.32. The first kappa shape index (κ1) is 22.5. The van der Waals surface area contributed by atoms with Gasteiger partial charge in [0.2, 0.25) is 0 Å². The molecule has 0 aromatic rings. The van der Waals surface area contributed by atoms with Gasteiger partial charge in [-0.05, 0) is 0 Å². The van der Waals surface area contributed by atoms with Crippen molar-refractivity contribution < 1.29 is 61.5 Å². The molecule has 0 radical (unpaired) electrons. The summed E-state index contributed by atoms with van der Waals surface area (Å²) in [7, 11) is 0. The van der Waals surface area contributed by atoms with Gasteiger partial charge in [0.15, 0.2) is 0 Å². The Balaban J connectivity index is -0.0000000267. The van der Waals surface area contributed by atoms with Gasteiger partial charge in [-0.2, -0.15) is 11.8 Å². The fourth-order valence-electron chi connectivity index (χ4n) is 0. The molecule has 0 bridgehead atoms. The molecule has 0 atom stereocenters. The van der Waals surface area contributed by atoms with Crippen LogP contribution in [0.3, 0.4) is 0 Å². The summed E-state index contributed by atoms with van der Waals surface area (Å²) < 4.78 is -2.89. The maximum atomic E-state index is 9.66. The molecular formula is Li3OPS3. The van der Waals surface area contributed by atoms with E-state index in [1.165, 1.54) is 0 Å². The zero-order valence-corrected chi connectivity index (χ0v) is 8.42. The molecule has 0 spiro atoms. The molecule has 0 aliphatic heterocycles. The van der Waals surface area contributed by atoms with Crippen molar-refractivity contribution in [1.82, 2.24) is 0 Å². The first-order valence-corrected chi connectivity index (χ1v) is 5.48. The van der Waals surface area contributed by atoms with Crippen molar-refractivity contribution in [1.29, 1.82) is 0 Å². The summed E-state index contributed by atoms with van der Waals surface area (Å²) in [5, 5.41) is 0. The predicted molar refractivity (Wildman–Crippen MR) is 29.0 cm³/mol. The Hall–Kier alpha value is 3.10. The van der Waals surface area contributed by atoms with E-state index < -0.39 is 4.67 Å². The van der Waals surface area contributed by atoms with Gasteiger partial charge in [0.05, 0.1) is 0 Å². The van der Waals surface area contributed by atoms with Gasteiger partial charge in [0, 0.05) is 0 Å². The van der Waals surface area contributed by atoms with E-state index in [9.17, 15) is 4.89 Å². The summed E-state index contributed by atoms with van der Waals surface area (Å²) in [5.41, 5.74) is 0. The van der Waals surface area contributed by atoms with Gasteiger partial charge in [-0.1, -0.05) is 0 Å². The van der Waals surface area contributed by atoms with E-state index in [4.69, 9.17) is 0 Å². The van der Waals surface area contributed by atoms with Crippen LogP contribution >= 0.6 is 4.67 Å². The second kappa shape index (κ2) is 10.1. The number of hydrogen-bond donors (Lipinski definition) is 0. The first-order valence-electron chi connectivity index (χ1n) is 0.730. The summed E-state index contributed by atoms with van der Waals surface area (Å²) >= 11 is 12.0. The smallest absolute Gasteiger partial charge is 0.856 e. The van der Waals surface area contributed by atoms with E-state index in [1.807, 2.05) is 0 Å². The number of hydrogen-bond acceptors (Lipinski definition) is 4. The molecule has 0 aromatic heterocycles. The maximum absolute atomic E-state index is 9.66. The van der Waals surface area contributed by atoms with E-state index in [1.54, 1.807) is 0 Å². The van der Waals surface area contributed by atoms with Crippen molar-refractivity contribution in [3.63, 3.8) is 0 Å². The van der Waals surface area contributed by atoms with Crippen LogP contribution in [0, 0.1) is 0 Å². The zero-order valence-electron chi connectivity index (χ0n) is 5.08. The Morgan fingerprint density at radius 3 is 1.12 bits per heavy atom. The second-order valence-corrected chi connectivity index (χ2v) is 8.05. The largest absolute Gasteiger partial charge is 1.00 e. The van der Waals surface area contributed by atoms with Crippen LogP contribution in [-0.4, -0.2) is 0 Å². The SMILES string of the molecule is [Li+].[Li+].[Li+].[O-]P(=S)([S-])[S-]. The topological polar surface area (TPSA) is 23.1 Å². The average Bonchev–Trinajstić information content (AvgIpc) is 0.722. The van der Waals surface area contributed by atoms with E-state index in [-0.39, 0.29) is 56.6 Å². The van der Waals surface area contributed by atoms with Crippen molar-refractivity contribution in [3.05, 3.63) is 0 Å². The number of rotatable bonds is 0. The van der Waals surface area contributed by atoms with Crippen molar-refractivity contribution in [2.75, 3.05) is 0 Å². The molecule has 0 unspecified atom stereocenters. The Morgan fingerprint density at radius 2 is 1.12 bits per heavy atom. The summed E-state index contributed by atoms with van der Waals surface area (Å²) in [6.45, 7) is 0. The van der Waals surface area contributed by atoms with E-state index >= 15 is 0 Å². The third-order valence-electron chi connectivity index (χ3n) is 0. The van der Waals surface area contributed by atoms with Gasteiger partial charge in [0.25, 0.3) is 0 Å². The third kappa shape index (κ3) is 62.1. The molecule has 0 fully saturated rings. The summed E-state index contributed by atoms with van der Waals surface area (Å²) in [4.78, 5) is 9.66. The summed E-state index contributed by atoms with van der Waals surface area (Å²) in [6.07, 6.45) is 0. The van der Waals surface area contributed by atoms with Crippen LogP contribution < -0.4 is 61.5 Å². The molecule has 0 aromatic carbocycles. The monoisotopic (exact) mass is 164 g/mol. The van der Waals surface area contributed by atoms with E-state index in [2.05, 4.69) is 36.3 Å². The fourth-order valence-corrected chi connectivity index (χ4v) is 0. The molecule has 32 valence electrons.